The molecule has 1 aromatic carbocycles. The van der Waals surface area contributed by atoms with Crippen LogP contribution >= 0.6 is 0 Å². The molecule has 1 aliphatic rings. The molecule has 108 valence electrons. The summed E-state index contributed by atoms with van der Waals surface area (Å²) in [5, 5.41) is 0. The van der Waals surface area contributed by atoms with Gasteiger partial charge in [0, 0.05) is 6.20 Å². The molecule has 21 heavy (non-hydrogen) atoms. The highest BCUT2D eigenvalue weighted by molar-refractivity contribution is 5.95. The van der Waals surface area contributed by atoms with E-state index in [9.17, 15) is 13.6 Å². The van der Waals surface area contributed by atoms with E-state index >= 15 is 0 Å². The Bertz CT molecular complexity index is 638. The van der Waals surface area contributed by atoms with Gasteiger partial charge in [-0.2, -0.15) is 0 Å². The van der Waals surface area contributed by atoms with Crippen LogP contribution in [0.5, 0.6) is 5.75 Å². The zero-order valence-corrected chi connectivity index (χ0v) is 11.0. The molecule has 1 aromatic heterocycles. The zero-order valence-electron chi connectivity index (χ0n) is 11.0. The number of halogens is 2. The van der Waals surface area contributed by atoms with Crippen LogP contribution in [0.2, 0.25) is 0 Å². The summed E-state index contributed by atoms with van der Waals surface area (Å²) in [5.74, 6) is -1.75. The van der Waals surface area contributed by atoms with Gasteiger partial charge in [0.1, 0.15) is 29.1 Å². The van der Waals surface area contributed by atoms with E-state index < -0.39 is 23.1 Å². The van der Waals surface area contributed by atoms with E-state index in [1.165, 1.54) is 11.0 Å². The fourth-order valence-electron chi connectivity index (χ4n) is 2.15. The van der Waals surface area contributed by atoms with Crippen LogP contribution in [0, 0.1) is 11.6 Å². The number of nitrogens with zero attached hydrogens (tertiary/aromatic N) is 2. The second kappa shape index (κ2) is 5.47. The number of benzene rings is 1. The molecule has 0 aliphatic carbocycles. The third-order valence-electron chi connectivity index (χ3n) is 3.25. The van der Waals surface area contributed by atoms with Gasteiger partial charge >= 0.3 is 0 Å². The number of pyridine rings is 1. The minimum Gasteiger partial charge on any atom is -0.485 e. The summed E-state index contributed by atoms with van der Waals surface area (Å²) < 4.78 is 32.7. The fourth-order valence-corrected chi connectivity index (χ4v) is 2.15. The number of hydrogen-bond acceptors (Lipinski definition) is 3. The molecular formula is C15H12F2N2O2. The van der Waals surface area contributed by atoms with E-state index in [1.807, 2.05) is 0 Å². The standard InChI is InChI=1S/C15H12F2N2O2/c16-12-4-1-5-13(17)14(12)15(20)19-8-11(9-19)21-10-3-2-6-18-7-10/h1-7,11H,8-9H2. The van der Waals surface area contributed by atoms with Gasteiger partial charge in [-0.15, -0.1) is 0 Å². The molecule has 0 saturated carbocycles. The third-order valence-corrected chi connectivity index (χ3v) is 3.25. The number of carbonyl (C=O) groups is 1. The van der Waals surface area contributed by atoms with Gasteiger partial charge in [0.2, 0.25) is 0 Å². The van der Waals surface area contributed by atoms with Crippen molar-refractivity contribution in [3.05, 3.63) is 59.9 Å². The number of likely N-dealkylation sites (tertiary alicyclic amines) is 1. The Kier molecular flexibility index (Phi) is 3.51. The number of ether oxygens (including phenoxy) is 1. The molecule has 0 radical (unpaired) electrons. The van der Waals surface area contributed by atoms with Crippen molar-refractivity contribution in [2.75, 3.05) is 13.1 Å². The molecule has 1 saturated heterocycles. The lowest BCUT2D eigenvalue weighted by atomic mass is 10.1. The van der Waals surface area contributed by atoms with Crippen LogP contribution in [0.3, 0.4) is 0 Å². The second-order valence-corrected chi connectivity index (χ2v) is 4.74. The Morgan fingerprint density at radius 3 is 2.52 bits per heavy atom. The zero-order chi connectivity index (χ0) is 14.8. The van der Waals surface area contributed by atoms with Crippen molar-refractivity contribution in [1.29, 1.82) is 0 Å². The fraction of sp³-hybridized carbons (Fsp3) is 0.200. The SMILES string of the molecule is O=C(c1c(F)cccc1F)N1CC(Oc2cccnc2)C1. The molecule has 0 bridgehead atoms. The summed E-state index contributed by atoms with van der Waals surface area (Å²) in [6, 6.07) is 6.87. The average molecular weight is 290 g/mol. The minimum absolute atomic E-state index is 0.187. The Hall–Kier alpha value is -2.50. The highest BCUT2D eigenvalue weighted by Gasteiger charge is 2.35. The van der Waals surface area contributed by atoms with Crippen LogP contribution < -0.4 is 4.74 Å². The number of amides is 1. The molecule has 1 amide bonds. The van der Waals surface area contributed by atoms with Crippen LogP contribution in [-0.2, 0) is 0 Å². The van der Waals surface area contributed by atoms with E-state index in [0.29, 0.717) is 18.8 Å². The average Bonchev–Trinajstić information content (AvgIpc) is 2.43. The highest BCUT2D eigenvalue weighted by Crippen LogP contribution is 2.21. The van der Waals surface area contributed by atoms with E-state index in [-0.39, 0.29) is 6.10 Å². The molecule has 2 aromatic rings. The lowest BCUT2D eigenvalue weighted by Gasteiger charge is -2.38. The highest BCUT2D eigenvalue weighted by atomic mass is 19.1. The molecule has 0 spiro atoms. The minimum atomic E-state index is -0.850. The second-order valence-electron chi connectivity index (χ2n) is 4.74. The Morgan fingerprint density at radius 2 is 1.90 bits per heavy atom. The molecule has 1 fully saturated rings. The van der Waals surface area contributed by atoms with Crippen LogP contribution in [0.25, 0.3) is 0 Å². The number of rotatable bonds is 3. The molecular weight excluding hydrogens is 278 g/mol. The van der Waals surface area contributed by atoms with Gasteiger partial charge in [0.25, 0.3) is 5.91 Å². The van der Waals surface area contributed by atoms with Gasteiger partial charge in [-0.25, -0.2) is 8.78 Å². The summed E-state index contributed by atoms with van der Waals surface area (Å²) in [5.41, 5.74) is -0.516. The maximum Gasteiger partial charge on any atom is 0.260 e. The van der Waals surface area contributed by atoms with Gasteiger partial charge in [0.15, 0.2) is 0 Å². The van der Waals surface area contributed by atoms with E-state index in [1.54, 1.807) is 24.5 Å². The summed E-state index contributed by atoms with van der Waals surface area (Å²) in [4.78, 5) is 17.3. The van der Waals surface area contributed by atoms with E-state index in [0.717, 1.165) is 12.1 Å². The van der Waals surface area contributed by atoms with Gasteiger partial charge < -0.3 is 9.64 Å². The molecule has 1 aliphatic heterocycles. The first-order chi connectivity index (χ1) is 10.1. The summed E-state index contributed by atoms with van der Waals surface area (Å²) in [6.07, 6.45) is 3.01. The molecule has 0 atom stereocenters. The van der Waals surface area contributed by atoms with Gasteiger partial charge in [-0.3, -0.25) is 9.78 Å². The predicted octanol–water partition coefficient (Wildman–Crippen LogP) is 2.26. The van der Waals surface area contributed by atoms with Crippen molar-refractivity contribution in [1.82, 2.24) is 9.88 Å². The van der Waals surface area contributed by atoms with Crippen LogP contribution in [0.15, 0.2) is 42.7 Å². The lowest BCUT2D eigenvalue weighted by Crippen LogP contribution is -2.56. The third kappa shape index (κ3) is 2.69. The van der Waals surface area contributed by atoms with Crippen LogP contribution in [0.1, 0.15) is 10.4 Å². The van der Waals surface area contributed by atoms with Gasteiger partial charge in [-0.05, 0) is 24.3 Å². The predicted molar refractivity (Wildman–Crippen MR) is 70.9 cm³/mol. The monoisotopic (exact) mass is 290 g/mol. The topological polar surface area (TPSA) is 42.4 Å². The molecule has 6 heteroatoms. The molecule has 3 rings (SSSR count). The smallest absolute Gasteiger partial charge is 0.260 e. The summed E-state index contributed by atoms with van der Waals surface area (Å²) >= 11 is 0. The van der Waals surface area contributed by atoms with Crippen molar-refractivity contribution in [3.63, 3.8) is 0 Å². The van der Waals surface area contributed by atoms with E-state index in [4.69, 9.17) is 4.74 Å². The maximum absolute atomic E-state index is 13.5. The van der Waals surface area contributed by atoms with Crippen molar-refractivity contribution in [2.45, 2.75) is 6.10 Å². The summed E-state index contributed by atoms with van der Waals surface area (Å²) in [6.45, 7) is 0.586. The molecule has 2 heterocycles. The molecule has 0 N–H and O–H groups in total. The molecule has 4 nitrogen and oxygen atoms in total. The van der Waals surface area contributed by atoms with Gasteiger partial charge in [0.05, 0.1) is 19.3 Å². The maximum atomic E-state index is 13.5. The van der Waals surface area contributed by atoms with Crippen LogP contribution in [0.4, 0.5) is 8.78 Å². The number of aromatic nitrogens is 1. The Balaban J connectivity index is 1.62. The van der Waals surface area contributed by atoms with Gasteiger partial charge in [-0.1, -0.05) is 6.07 Å². The van der Waals surface area contributed by atoms with Crippen molar-refractivity contribution >= 4 is 5.91 Å². The van der Waals surface area contributed by atoms with E-state index in [2.05, 4.69) is 4.98 Å². The first-order valence-electron chi connectivity index (χ1n) is 6.45. The number of carbonyl (C=O) groups excluding carboxylic acids is 1. The lowest BCUT2D eigenvalue weighted by molar-refractivity contribution is 0.0169. The first kappa shape index (κ1) is 13.5. The number of hydrogen-bond donors (Lipinski definition) is 0. The quantitative estimate of drug-likeness (QED) is 0.871. The Labute approximate surface area is 120 Å². The molecule has 0 unspecified atom stereocenters. The normalized spacial score (nSPS) is 14.7. The summed E-state index contributed by atoms with van der Waals surface area (Å²) in [7, 11) is 0. The largest absolute Gasteiger partial charge is 0.485 e. The van der Waals surface area contributed by atoms with Crippen molar-refractivity contribution in [2.24, 2.45) is 0 Å². The first-order valence-corrected chi connectivity index (χ1v) is 6.45. The van der Waals surface area contributed by atoms with Crippen LogP contribution in [-0.4, -0.2) is 35.0 Å². The Morgan fingerprint density at radius 1 is 1.19 bits per heavy atom. The van der Waals surface area contributed by atoms with Crippen molar-refractivity contribution in [3.8, 4) is 5.75 Å². The van der Waals surface area contributed by atoms with Crippen molar-refractivity contribution < 1.29 is 18.3 Å².